The third-order valence-electron chi connectivity index (χ3n) is 4.88. The lowest BCUT2D eigenvalue weighted by atomic mass is 9.75. The van der Waals surface area contributed by atoms with Gasteiger partial charge in [0.15, 0.2) is 0 Å². The molecule has 1 aliphatic heterocycles. The SMILES string of the molecule is CC1(C)CC([N+](C)(C)C)CC(C)(C)[N+]1(C)[O-]. The molecule has 1 heterocycles. The summed E-state index contributed by atoms with van der Waals surface area (Å²) < 4.78 is 0.823. The average molecular weight is 229 g/mol. The van der Waals surface area contributed by atoms with Gasteiger partial charge in [0.05, 0.1) is 52.1 Å². The van der Waals surface area contributed by atoms with Crippen LogP contribution in [-0.4, -0.2) is 54.4 Å². The number of hydrogen-bond donors (Lipinski definition) is 0. The van der Waals surface area contributed by atoms with Crippen LogP contribution in [0.15, 0.2) is 0 Å². The molecule has 1 rings (SSSR count). The summed E-state index contributed by atoms with van der Waals surface area (Å²) in [7, 11) is 8.54. The summed E-state index contributed by atoms with van der Waals surface area (Å²) in [6, 6.07) is 0.574. The third kappa shape index (κ3) is 2.01. The Bertz CT molecular complexity index is 254. The molecule has 0 saturated carbocycles. The van der Waals surface area contributed by atoms with Gasteiger partial charge < -0.3 is 14.3 Å². The molecule has 0 aromatic carbocycles. The van der Waals surface area contributed by atoms with E-state index >= 15 is 0 Å². The lowest BCUT2D eigenvalue weighted by molar-refractivity contribution is -0.984. The topological polar surface area (TPSA) is 23.1 Å². The highest BCUT2D eigenvalue weighted by Gasteiger charge is 2.54. The fourth-order valence-electron chi connectivity index (χ4n) is 2.94. The van der Waals surface area contributed by atoms with Gasteiger partial charge in [-0.25, -0.2) is 0 Å². The molecular formula is C13H29N2O+. The first kappa shape index (κ1) is 13.9. The van der Waals surface area contributed by atoms with E-state index in [-0.39, 0.29) is 15.7 Å². The minimum absolute atomic E-state index is 0.128. The maximum absolute atomic E-state index is 12.8. The molecule has 0 atom stereocenters. The van der Waals surface area contributed by atoms with E-state index in [0.717, 1.165) is 17.3 Å². The predicted octanol–water partition coefficient (Wildman–Crippen LogP) is 2.36. The highest BCUT2D eigenvalue weighted by molar-refractivity contribution is 4.90. The molecule has 0 amide bonds. The fourth-order valence-corrected chi connectivity index (χ4v) is 2.94. The van der Waals surface area contributed by atoms with Crippen molar-refractivity contribution in [2.45, 2.75) is 57.7 Å². The molecule has 3 heteroatoms. The minimum Gasteiger partial charge on any atom is -0.632 e. The van der Waals surface area contributed by atoms with Crippen LogP contribution in [0.2, 0.25) is 0 Å². The first-order chi connectivity index (χ1) is 6.81. The molecule has 16 heavy (non-hydrogen) atoms. The molecule has 1 aliphatic rings. The van der Waals surface area contributed by atoms with Crippen molar-refractivity contribution in [2.75, 3.05) is 28.2 Å². The highest BCUT2D eigenvalue weighted by Crippen LogP contribution is 2.45. The molecule has 0 aromatic heterocycles. The maximum atomic E-state index is 12.8. The summed E-state index contributed by atoms with van der Waals surface area (Å²) in [6.45, 7) is 8.46. The first-order valence-electron chi connectivity index (χ1n) is 6.20. The van der Waals surface area contributed by atoms with E-state index < -0.39 is 0 Å². The molecular weight excluding hydrogens is 200 g/mol. The zero-order valence-corrected chi connectivity index (χ0v) is 12.3. The Hall–Kier alpha value is -0.120. The van der Waals surface area contributed by atoms with Crippen molar-refractivity contribution in [3.63, 3.8) is 0 Å². The number of likely N-dealkylation sites (tertiary alicyclic amines) is 1. The van der Waals surface area contributed by atoms with Gasteiger partial charge in [-0.1, -0.05) is 0 Å². The van der Waals surface area contributed by atoms with Crippen LogP contribution in [0.1, 0.15) is 40.5 Å². The summed E-state index contributed by atoms with van der Waals surface area (Å²) >= 11 is 0. The Morgan fingerprint density at radius 3 is 1.56 bits per heavy atom. The number of hydrogen-bond acceptors (Lipinski definition) is 1. The molecule has 0 unspecified atom stereocenters. The van der Waals surface area contributed by atoms with Crippen LogP contribution in [0.4, 0.5) is 0 Å². The molecule has 0 N–H and O–H groups in total. The normalized spacial score (nSPS) is 38.4. The minimum atomic E-state index is -0.196. The lowest BCUT2D eigenvalue weighted by Gasteiger charge is -2.65. The summed E-state index contributed by atoms with van der Waals surface area (Å²) in [6.07, 6.45) is 2.00. The smallest absolute Gasteiger partial charge is 0.100 e. The molecule has 1 saturated heterocycles. The van der Waals surface area contributed by atoms with E-state index in [1.54, 1.807) is 0 Å². The highest BCUT2D eigenvalue weighted by atomic mass is 16.6. The fraction of sp³-hybridized carbons (Fsp3) is 1.00. The van der Waals surface area contributed by atoms with Crippen LogP contribution in [-0.2, 0) is 0 Å². The van der Waals surface area contributed by atoms with Gasteiger partial charge in [0, 0.05) is 0 Å². The van der Waals surface area contributed by atoms with Crippen molar-refractivity contribution in [2.24, 2.45) is 0 Å². The van der Waals surface area contributed by atoms with Gasteiger partial charge in [-0.15, -0.1) is 0 Å². The van der Waals surface area contributed by atoms with Crippen molar-refractivity contribution in [1.29, 1.82) is 0 Å². The van der Waals surface area contributed by atoms with E-state index in [0.29, 0.717) is 6.04 Å². The van der Waals surface area contributed by atoms with Crippen molar-refractivity contribution >= 4 is 0 Å². The van der Waals surface area contributed by atoms with Crippen LogP contribution >= 0.6 is 0 Å². The zero-order chi connectivity index (χ0) is 13.0. The number of quaternary nitrogens is 2. The molecule has 0 aromatic rings. The van der Waals surface area contributed by atoms with Crippen molar-refractivity contribution in [3.05, 3.63) is 5.21 Å². The molecule has 0 spiro atoms. The number of hydroxylamine groups is 3. The second kappa shape index (κ2) is 3.44. The van der Waals surface area contributed by atoms with Crippen molar-refractivity contribution < 1.29 is 9.13 Å². The van der Waals surface area contributed by atoms with Gasteiger partial charge in [-0.05, 0) is 27.7 Å². The van der Waals surface area contributed by atoms with Gasteiger partial charge in [0.2, 0.25) is 0 Å². The van der Waals surface area contributed by atoms with E-state index in [1.807, 2.05) is 7.05 Å². The van der Waals surface area contributed by atoms with E-state index in [2.05, 4.69) is 48.8 Å². The second-order valence-electron chi connectivity index (χ2n) is 7.73. The average Bonchev–Trinajstić information content (AvgIpc) is 1.97. The molecule has 0 aliphatic carbocycles. The van der Waals surface area contributed by atoms with Gasteiger partial charge in [-0.2, -0.15) is 0 Å². The Kier molecular flexibility index (Phi) is 3.00. The lowest BCUT2D eigenvalue weighted by Crippen LogP contribution is -2.72. The molecule has 96 valence electrons. The third-order valence-corrected chi connectivity index (χ3v) is 4.88. The number of piperidine rings is 1. The monoisotopic (exact) mass is 229 g/mol. The quantitative estimate of drug-likeness (QED) is 0.500. The van der Waals surface area contributed by atoms with E-state index in [4.69, 9.17) is 0 Å². The summed E-state index contributed by atoms with van der Waals surface area (Å²) in [5.74, 6) is 0. The van der Waals surface area contributed by atoms with Crippen LogP contribution < -0.4 is 0 Å². The second-order valence-corrected chi connectivity index (χ2v) is 7.73. The summed E-state index contributed by atoms with van der Waals surface area (Å²) in [5.41, 5.74) is -0.393. The number of rotatable bonds is 1. The van der Waals surface area contributed by atoms with Crippen LogP contribution in [0.3, 0.4) is 0 Å². The summed E-state index contributed by atoms with van der Waals surface area (Å²) in [5, 5.41) is 12.8. The van der Waals surface area contributed by atoms with Gasteiger partial charge in [0.25, 0.3) is 0 Å². The maximum Gasteiger partial charge on any atom is 0.100 e. The van der Waals surface area contributed by atoms with E-state index in [9.17, 15) is 5.21 Å². The molecule has 3 nitrogen and oxygen atoms in total. The number of nitrogens with zero attached hydrogens (tertiary/aromatic N) is 2. The van der Waals surface area contributed by atoms with E-state index in [1.165, 1.54) is 0 Å². The largest absolute Gasteiger partial charge is 0.632 e. The Morgan fingerprint density at radius 2 is 1.31 bits per heavy atom. The van der Waals surface area contributed by atoms with Gasteiger partial charge in [-0.3, -0.25) is 0 Å². The Balaban J connectivity index is 3.09. The molecule has 0 bridgehead atoms. The van der Waals surface area contributed by atoms with Gasteiger partial charge >= 0.3 is 0 Å². The Morgan fingerprint density at radius 1 is 1.00 bits per heavy atom. The molecule has 0 radical (unpaired) electrons. The van der Waals surface area contributed by atoms with Gasteiger partial charge in [0.1, 0.15) is 6.04 Å². The van der Waals surface area contributed by atoms with Crippen molar-refractivity contribution in [1.82, 2.24) is 0 Å². The standard InChI is InChI=1S/C13H29N2O/c1-12(2)9-11(14(5,6)7)10-13(3,4)15(12,8)16/h11H,9-10H2,1-8H3/q+1. The molecule has 1 fully saturated rings. The first-order valence-corrected chi connectivity index (χ1v) is 6.20. The van der Waals surface area contributed by atoms with Crippen LogP contribution in [0, 0.1) is 5.21 Å². The van der Waals surface area contributed by atoms with Crippen LogP contribution in [0.5, 0.6) is 0 Å². The van der Waals surface area contributed by atoms with Crippen molar-refractivity contribution in [3.8, 4) is 0 Å². The Labute approximate surface area is 101 Å². The summed E-state index contributed by atoms with van der Waals surface area (Å²) in [4.78, 5) is 0. The predicted molar refractivity (Wildman–Crippen MR) is 68.8 cm³/mol. The van der Waals surface area contributed by atoms with Crippen LogP contribution in [0.25, 0.3) is 0 Å². The zero-order valence-electron chi connectivity index (χ0n) is 12.3.